The smallest absolute Gasteiger partial charge is 0.240 e. The minimum atomic E-state index is -3.50. The van der Waals surface area contributed by atoms with Gasteiger partial charge in [0.1, 0.15) is 0 Å². The zero-order valence-corrected chi connectivity index (χ0v) is 15.9. The van der Waals surface area contributed by atoms with Crippen LogP contribution in [-0.4, -0.2) is 32.5 Å². The second kappa shape index (κ2) is 6.82. The van der Waals surface area contributed by atoms with Crippen molar-refractivity contribution in [3.8, 4) is 0 Å². The Balaban J connectivity index is 1.75. The summed E-state index contributed by atoms with van der Waals surface area (Å²) in [5, 5.41) is 2.92. The Labute approximate surface area is 147 Å². The summed E-state index contributed by atoms with van der Waals surface area (Å²) in [5.41, 5.74) is 2.89. The van der Waals surface area contributed by atoms with E-state index in [4.69, 9.17) is 0 Å². The van der Waals surface area contributed by atoms with Crippen LogP contribution in [0.3, 0.4) is 0 Å². The molecular formula is C17H23N3O2S2. The Morgan fingerprint density at radius 2 is 2.00 bits per heavy atom. The fourth-order valence-electron chi connectivity index (χ4n) is 3.16. The van der Waals surface area contributed by atoms with Crippen molar-refractivity contribution in [2.45, 2.75) is 44.6 Å². The predicted octanol–water partition coefficient (Wildman–Crippen LogP) is 3.02. The van der Waals surface area contributed by atoms with Gasteiger partial charge in [0.05, 0.1) is 4.90 Å². The van der Waals surface area contributed by atoms with Gasteiger partial charge in [0.2, 0.25) is 10.0 Å². The molecule has 1 unspecified atom stereocenters. The van der Waals surface area contributed by atoms with Gasteiger partial charge >= 0.3 is 0 Å². The molecule has 0 aliphatic carbocycles. The number of nitrogens with zero attached hydrogens (tertiary/aromatic N) is 2. The average molecular weight is 366 g/mol. The summed E-state index contributed by atoms with van der Waals surface area (Å²) in [6.07, 6.45) is 3.83. The van der Waals surface area contributed by atoms with Crippen molar-refractivity contribution < 1.29 is 8.42 Å². The molecule has 1 atom stereocenters. The number of nitrogens with one attached hydrogen (secondary N) is 1. The molecule has 0 saturated carbocycles. The van der Waals surface area contributed by atoms with Crippen LogP contribution in [0.15, 0.2) is 28.6 Å². The average Bonchev–Trinajstić information content (AvgIpc) is 3.19. The molecule has 1 aliphatic heterocycles. The highest BCUT2D eigenvalue weighted by Gasteiger charge is 2.28. The van der Waals surface area contributed by atoms with Crippen molar-refractivity contribution in [1.82, 2.24) is 9.71 Å². The van der Waals surface area contributed by atoms with Crippen molar-refractivity contribution >= 4 is 26.5 Å². The second-order valence-corrected chi connectivity index (χ2v) is 8.97. The van der Waals surface area contributed by atoms with Crippen LogP contribution in [0, 0.1) is 20.8 Å². The van der Waals surface area contributed by atoms with E-state index in [1.54, 1.807) is 23.6 Å². The highest BCUT2D eigenvalue weighted by atomic mass is 32.2. The van der Waals surface area contributed by atoms with Gasteiger partial charge in [-0.05, 0) is 56.4 Å². The maximum Gasteiger partial charge on any atom is 0.240 e. The molecule has 5 nitrogen and oxygen atoms in total. The third-order valence-corrected chi connectivity index (χ3v) is 7.01. The highest BCUT2D eigenvalue weighted by Crippen LogP contribution is 2.27. The number of aromatic nitrogens is 1. The number of rotatable bonds is 5. The molecule has 1 aromatic heterocycles. The lowest BCUT2D eigenvalue weighted by Crippen LogP contribution is -2.40. The Hall–Kier alpha value is -1.44. The van der Waals surface area contributed by atoms with Gasteiger partial charge in [-0.2, -0.15) is 0 Å². The van der Waals surface area contributed by atoms with Gasteiger partial charge in [-0.15, -0.1) is 11.3 Å². The second-order valence-electron chi connectivity index (χ2n) is 6.36. The molecule has 2 heterocycles. The zero-order valence-electron chi connectivity index (χ0n) is 14.2. The fraction of sp³-hybridized carbons (Fsp3) is 0.471. The fourth-order valence-corrected chi connectivity index (χ4v) is 5.29. The summed E-state index contributed by atoms with van der Waals surface area (Å²) in [5.74, 6) is 0. The number of hydrogen-bond acceptors (Lipinski definition) is 5. The third-order valence-electron chi connectivity index (χ3n) is 4.63. The van der Waals surface area contributed by atoms with Gasteiger partial charge in [-0.3, -0.25) is 0 Å². The van der Waals surface area contributed by atoms with Gasteiger partial charge in [0, 0.05) is 30.7 Å². The van der Waals surface area contributed by atoms with Crippen LogP contribution in [0.25, 0.3) is 0 Å². The molecular weight excluding hydrogens is 342 g/mol. The number of aryl methyl sites for hydroxylation is 3. The van der Waals surface area contributed by atoms with E-state index in [-0.39, 0.29) is 6.04 Å². The van der Waals surface area contributed by atoms with Crippen molar-refractivity contribution in [2.24, 2.45) is 0 Å². The Morgan fingerprint density at radius 1 is 1.25 bits per heavy atom. The number of hydrogen-bond donors (Lipinski definition) is 1. The summed E-state index contributed by atoms with van der Waals surface area (Å²) in [6, 6.07) is 3.86. The van der Waals surface area contributed by atoms with Crippen molar-refractivity contribution in [3.63, 3.8) is 0 Å². The Bertz CT molecular complexity index is 817. The molecule has 1 N–H and O–H groups in total. The van der Waals surface area contributed by atoms with Crippen LogP contribution in [0.4, 0.5) is 5.13 Å². The van der Waals surface area contributed by atoms with Crippen molar-refractivity contribution in [3.05, 3.63) is 40.4 Å². The molecule has 7 heteroatoms. The molecule has 1 fully saturated rings. The van der Waals surface area contributed by atoms with Crippen molar-refractivity contribution in [1.29, 1.82) is 0 Å². The number of thiazole rings is 1. The van der Waals surface area contributed by atoms with Gasteiger partial charge in [-0.25, -0.2) is 18.1 Å². The van der Waals surface area contributed by atoms with E-state index in [0.717, 1.165) is 41.2 Å². The van der Waals surface area contributed by atoms with E-state index in [1.165, 1.54) is 0 Å². The first-order valence-corrected chi connectivity index (χ1v) is 10.5. The normalized spacial score (nSPS) is 18.3. The molecule has 24 heavy (non-hydrogen) atoms. The molecule has 1 saturated heterocycles. The van der Waals surface area contributed by atoms with Crippen LogP contribution in [0.2, 0.25) is 0 Å². The van der Waals surface area contributed by atoms with Crippen LogP contribution in [0.1, 0.15) is 29.5 Å². The molecule has 0 bridgehead atoms. The maximum atomic E-state index is 12.7. The van der Waals surface area contributed by atoms with Gasteiger partial charge in [-0.1, -0.05) is 6.07 Å². The summed E-state index contributed by atoms with van der Waals surface area (Å²) in [7, 11) is -3.50. The molecule has 2 aromatic rings. The summed E-state index contributed by atoms with van der Waals surface area (Å²) in [4.78, 5) is 6.94. The first-order valence-electron chi connectivity index (χ1n) is 8.12. The third kappa shape index (κ3) is 3.48. The van der Waals surface area contributed by atoms with E-state index in [1.807, 2.05) is 32.2 Å². The zero-order chi connectivity index (χ0) is 17.3. The van der Waals surface area contributed by atoms with E-state index >= 15 is 0 Å². The standard InChI is InChI=1S/C17H23N3O2S2/c1-12-9-14(3)16(10-13(12)2)24(21,22)19-11-15-5-4-7-20(15)17-18-6-8-23-17/h6,8-10,15,19H,4-5,7,11H2,1-3H3. The molecule has 3 rings (SSSR count). The van der Waals surface area contributed by atoms with E-state index in [2.05, 4.69) is 14.6 Å². The summed E-state index contributed by atoms with van der Waals surface area (Å²) >= 11 is 1.60. The number of anilines is 1. The first kappa shape index (κ1) is 17.4. The predicted molar refractivity (Wildman–Crippen MR) is 98.3 cm³/mol. The molecule has 0 spiro atoms. The molecule has 1 aromatic carbocycles. The molecule has 1 aliphatic rings. The lowest BCUT2D eigenvalue weighted by atomic mass is 10.1. The lowest BCUT2D eigenvalue weighted by Gasteiger charge is -2.24. The Morgan fingerprint density at radius 3 is 2.71 bits per heavy atom. The van der Waals surface area contributed by atoms with E-state index in [0.29, 0.717) is 11.4 Å². The van der Waals surface area contributed by atoms with Crippen LogP contribution in [0.5, 0.6) is 0 Å². The monoisotopic (exact) mass is 365 g/mol. The van der Waals surface area contributed by atoms with Gasteiger partial charge in [0.15, 0.2) is 5.13 Å². The summed E-state index contributed by atoms with van der Waals surface area (Å²) in [6.45, 7) is 7.13. The van der Waals surface area contributed by atoms with E-state index < -0.39 is 10.0 Å². The quantitative estimate of drug-likeness (QED) is 0.885. The van der Waals surface area contributed by atoms with E-state index in [9.17, 15) is 8.42 Å². The first-order chi connectivity index (χ1) is 11.4. The summed E-state index contributed by atoms with van der Waals surface area (Å²) < 4.78 is 28.3. The maximum absolute atomic E-state index is 12.7. The molecule has 130 valence electrons. The minimum absolute atomic E-state index is 0.165. The van der Waals surface area contributed by atoms with Gasteiger partial charge in [0.25, 0.3) is 0 Å². The lowest BCUT2D eigenvalue weighted by molar-refractivity contribution is 0.566. The molecule has 0 radical (unpaired) electrons. The Kier molecular flexibility index (Phi) is 4.94. The number of benzene rings is 1. The topological polar surface area (TPSA) is 62.3 Å². The van der Waals surface area contributed by atoms with Crippen LogP contribution >= 0.6 is 11.3 Å². The van der Waals surface area contributed by atoms with Crippen LogP contribution in [-0.2, 0) is 10.0 Å². The van der Waals surface area contributed by atoms with Crippen LogP contribution < -0.4 is 9.62 Å². The SMILES string of the molecule is Cc1cc(C)c(S(=O)(=O)NCC2CCCN2c2nccs2)cc1C. The van der Waals surface area contributed by atoms with Gasteiger partial charge < -0.3 is 4.90 Å². The largest absolute Gasteiger partial charge is 0.344 e. The highest BCUT2D eigenvalue weighted by molar-refractivity contribution is 7.89. The number of sulfonamides is 1. The van der Waals surface area contributed by atoms with Crippen molar-refractivity contribution in [2.75, 3.05) is 18.0 Å². The molecule has 0 amide bonds. The minimum Gasteiger partial charge on any atom is -0.344 e.